The van der Waals surface area contributed by atoms with Gasteiger partial charge in [0.2, 0.25) is 0 Å². The molecule has 10 heavy (non-hydrogen) atoms. The quantitative estimate of drug-likeness (QED) is 0.600. The van der Waals surface area contributed by atoms with Crippen LogP contribution >= 0.6 is 0 Å². The van der Waals surface area contributed by atoms with Gasteiger partial charge in [-0.2, -0.15) is 0 Å². The van der Waals surface area contributed by atoms with Crippen molar-refractivity contribution >= 4 is 0 Å². The Morgan fingerprint density at radius 2 is 2.00 bits per heavy atom. The lowest BCUT2D eigenvalue weighted by atomic mass is 10.1. The molecule has 0 radical (unpaired) electrons. The van der Waals surface area contributed by atoms with Gasteiger partial charge in [-0.25, -0.2) is 0 Å². The number of hydrogen-bond donors (Lipinski definition) is 1. The maximum Gasteiger partial charge on any atom is 0.107 e. The van der Waals surface area contributed by atoms with E-state index >= 15 is 0 Å². The first-order chi connectivity index (χ1) is 4.93. The maximum atomic E-state index is 5.22. The minimum Gasteiger partial charge on any atom is -0.367 e. The Labute approximate surface area is 63.0 Å². The molecule has 0 bridgehead atoms. The molecule has 1 saturated heterocycles. The van der Waals surface area contributed by atoms with Gasteiger partial charge in [0.15, 0.2) is 0 Å². The van der Waals surface area contributed by atoms with Gasteiger partial charge in [-0.05, 0) is 25.8 Å². The molecule has 1 atom stereocenters. The summed E-state index contributed by atoms with van der Waals surface area (Å²) in [7, 11) is 1.78. The van der Waals surface area contributed by atoms with Crippen LogP contribution in [-0.2, 0) is 4.74 Å². The molecule has 1 unspecified atom stereocenters. The number of nitrogens with one attached hydrogen (secondary N) is 1. The van der Waals surface area contributed by atoms with E-state index in [2.05, 4.69) is 5.32 Å². The Hall–Kier alpha value is -0.0800. The number of methoxy groups -OCH3 is 1. The van der Waals surface area contributed by atoms with Crippen molar-refractivity contribution in [3.63, 3.8) is 0 Å². The van der Waals surface area contributed by atoms with Gasteiger partial charge in [0.25, 0.3) is 0 Å². The molecule has 0 spiro atoms. The van der Waals surface area contributed by atoms with Crippen LogP contribution in [0.4, 0.5) is 0 Å². The third-order valence-corrected chi connectivity index (χ3v) is 2.05. The molecule has 1 N–H and O–H groups in total. The van der Waals surface area contributed by atoms with Crippen molar-refractivity contribution in [1.29, 1.82) is 0 Å². The fourth-order valence-electron chi connectivity index (χ4n) is 1.37. The van der Waals surface area contributed by atoms with Crippen LogP contribution in [0.3, 0.4) is 0 Å². The second-order valence-corrected chi connectivity index (χ2v) is 2.88. The highest BCUT2D eigenvalue weighted by Gasteiger charge is 2.07. The van der Waals surface area contributed by atoms with Crippen LogP contribution in [0.25, 0.3) is 0 Å². The normalized spacial score (nSPS) is 29.1. The van der Waals surface area contributed by atoms with Crippen LogP contribution in [0.5, 0.6) is 0 Å². The van der Waals surface area contributed by atoms with E-state index < -0.39 is 0 Å². The van der Waals surface area contributed by atoms with E-state index in [1.807, 2.05) is 0 Å². The summed E-state index contributed by atoms with van der Waals surface area (Å²) in [5.74, 6) is 0. The lowest BCUT2D eigenvalue weighted by Crippen LogP contribution is -2.32. The summed E-state index contributed by atoms with van der Waals surface area (Å²) in [6.45, 7) is 1.12. The molecule has 60 valence electrons. The van der Waals surface area contributed by atoms with Crippen LogP contribution in [0.15, 0.2) is 0 Å². The molecule has 1 rings (SSSR count). The van der Waals surface area contributed by atoms with Crippen molar-refractivity contribution in [2.75, 3.05) is 13.7 Å². The van der Waals surface area contributed by atoms with E-state index in [1.54, 1.807) is 7.11 Å². The lowest BCUT2D eigenvalue weighted by Gasteiger charge is -2.19. The maximum absolute atomic E-state index is 5.22. The van der Waals surface area contributed by atoms with Crippen molar-refractivity contribution in [2.45, 2.75) is 38.3 Å². The monoisotopic (exact) mass is 143 g/mol. The summed E-state index contributed by atoms with van der Waals surface area (Å²) in [5.41, 5.74) is 0. The van der Waals surface area contributed by atoms with Crippen LogP contribution in [-0.4, -0.2) is 19.9 Å². The first-order valence-electron chi connectivity index (χ1n) is 4.19. The molecule has 1 aliphatic rings. The fourth-order valence-corrected chi connectivity index (χ4v) is 1.37. The average Bonchev–Trinajstić information content (AvgIpc) is 1.87. The van der Waals surface area contributed by atoms with Crippen LogP contribution in [0.2, 0.25) is 0 Å². The first-order valence-corrected chi connectivity index (χ1v) is 4.19. The largest absolute Gasteiger partial charge is 0.367 e. The SMILES string of the molecule is COC1CCCCCCN1. The second-order valence-electron chi connectivity index (χ2n) is 2.88. The van der Waals surface area contributed by atoms with Crippen molar-refractivity contribution in [3.05, 3.63) is 0 Å². The standard InChI is InChI=1S/C8H17NO/c1-10-8-6-4-2-3-5-7-9-8/h8-9H,2-7H2,1H3. The summed E-state index contributed by atoms with van der Waals surface area (Å²) < 4.78 is 5.22. The van der Waals surface area contributed by atoms with Gasteiger partial charge in [0.05, 0.1) is 0 Å². The van der Waals surface area contributed by atoms with Crippen molar-refractivity contribution in [1.82, 2.24) is 5.32 Å². The Balaban J connectivity index is 2.16. The smallest absolute Gasteiger partial charge is 0.107 e. The molecule has 0 aromatic carbocycles. The van der Waals surface area contributed by atoms with Gasteiger partial charge in [-0.15, -0.1) is 0 Å². The molecule has 0 saturated carbocycles. The predicted octanol–water partition coefficient (Wildman–Crippen LogP) is 1.51. The third-order valence-electron chi connectivity index (χ3n) is 2.05. The molecule has 0 aliphatic carbocycles. The molecule has 2 nitrogen and oxygen atoms in total. The third kappa shape index (κ3) is 2.67. The molecule has 1 fully saturated rings. The van der Waals surface area contributed by atoms with Gasteiger partial charge >= 0.3 is 0 Å². The Morgan fingerprint density at radius 1 is 1.20 bits per heavy atom. The summed E-state index contributed by atoms with van der Waals surface area (Å²) in [6, 6.07) is 0. The van der Waals surface area contributed by atoms with E-state index in [-0.39, 0.29) is 0 Å². The zero-order valence-electron chi connectivity index (χ0n) is 6.73. The molecule has 0 aromatic rings. The van der Waals surface area contributed by atoms with Crippen LogP contribution in [0, 0.1) is 0 Å². The van der Waals surface area contributed by atoms with Crippen molar-refractivity contribution in [3.8, 4) is 0 Å². The van der Waals surface area contributed by atoms with E-state index in [0.29, 0.717) is 6.23 Å². The summed E-state index contributed by atoms with van der Waals surface area (Å²) in [4.78, 5) is 0. The molecule has 0 amide bonds. The van der Waals surface area contributed by atoms with Crippen molar-refractivity contribution < 1.29 is 4.74 Å². The molecule has 1 aliphatic heterocycles. The summed E-state index contributed by atoms with van der Waals surface area (Å²) >= 11 is 0. The molecule has 2 heteroatoms. The summed E-state index contributed by atoms with van der Waals surface area (Å²) in [6.07, 6.45) is 6.87. The van der Waals surface area contributed by atoms with Gasteiger partial charge in [0.1, 0.15) is 6.23 Å². The summed E-state index contributed by atoms with van der Waals surface area (Å²) in [5, 5.41) is 3.35. The highest BCUT2D eigenvalue weighted by molar-refractivity contribution is 4.60. The second kappa shape index (κ2) is 4.69. The van der Waals surface area contributed by atoms with E-state index in [1.165, 1.54) is 32.1 Å². The number of hydrogen-bond acceptors (Lipinski definition) is 2. The van der Waals surface area contributed by atoms with Gasteiger partial charge in [-0.1, -0.05) is 12.8 Å². The number of rotatable bonds is 1. The van der Waals surface area contributed by atoms with E-state index in [0.717, 1.165) is 6.54 Å². The van der Waals surface area contributed by atoms with E-state index in [9.17, 15) is 0 Å². The predicted molar refractivity (Wildman–Crippen MR) is 41.9 cm³/mol. The van der Waals surface area contributed by atoms with E-state index in [4.69, 9.17) is 4.74 Å². The van der Waals surface area contributed by atoms with Crippen LogP contribution < -0.4 is 5.32 Å². The van der Waals surface area contributed by atoms with Crippen LogP contribution in [0.1, 0.15) is 32.1 Å². The minimum atomic E-state index is 0.320. The Bertz CT molecular complexity index is 77.3. The zero-order chi connectivity index (χ0) is 7.23. The first kappa shape index (κ1) is 8.02. The topological polar surface area (TPSA) is 21.3 Å². The molecule has 1 heterocycles. The zero-order valence-corrected chi connectivity index (χ0v) is 6.73. The van der Waals surface area contributed by atoms with Gasteiger partial charge in [0, 0.05) is 7.11 Å². The Morgan fingerprint density at radius 3 is 2.80 bits per heavy atom. The highest BCUT2D eigenvalue weighted by Crippen LogP contribution is 2.09. The lowest BCUT2D eigenvalue weighted by molar-refractivity contribution is 0.0611. The highest BCUT2D eigenvalue weighted by atomic mass is 16.5. The number of ether oxygens (including phenoxy) is 1. The minimum absolute atomic E-state index is 0.320. The molecular formula is C8H17NO. The Kier molecular flexibility index (Phi) is 3.76. The van der Waals surface area contributed by atoms with Crippen molar-refractivity contribution in [2.24, 2.45) is 0 Å². The fraction of sp³-hybridized carbons (Fsp3) is 1.00. The van der Waals surface area contributed by atoms with Gasteiger partial charge < -0.3 is 4.74 Å². The molecule has 0 aromatic heterocycles. The average molecular weight is 143 g/mol. The molecular weight excluding hydrogens is 126 g/mol. The van der Waals surface area contributed by atoms with Gasteiger partial charge in [-0.3, -0.25) is 5.32 Å².